The largest absolute Gasteiger partial charge is 0.465 e. The highest BCUT2D eigenvalue weighted by Crippen LogP contribution is 2.41. The monoisotopic (exact) mass is 334 g/mol. The van der Waals surface area contributed by atoms with E-state index < -0.39 is 0 Å². The van der Waals surface area contributed by atoms with Gasteiger partial charge in [-0.25, -0.2) is 0 Å². The van der Waals surface area contributed by atoms with Crippen molar-refractivity contribution in [3.8, 4) is 0 Å². The van der Waals surface area contributed by atoms with Gasteiger partial charge in [-0.05, 0) is 68.1 Å². The third-order valence-electron chi connectivity index (χ3n) is 7.48. The molecule has 0 saturated heterocycles. The molecule has 3 aliphatic rings. The van der Waals surface area contributed by atoms with Crippen LogP contribution in [-0.4, -0.2) is 12.6 Å². The third-order valence-corrected chi connectivity index (χ3v) is 7.48. The quantitative estimate of drug-likeness (QED) is 0.546. The molecule has 3 fully saturated rings. The van der Waals surface area contributed by atoms with Crippen LogP contribution in [0.4, 0.5) is 0 Å². The van der Waals surface area contributed by atoms with Gasteiger partial charge >= 0.3 is 0 Å². The van der Waals surface area contributed by atoms with Crippen LogP contribution in [0, 0.1) is 29.6 Å². The van der Waals surface area contributed by atoms with Crippen molar-refractivity contribution in [2.45, 2.75) is 103 Å². The maximum Gasteiger partial charge on any atom is 0.293 e. The molecule has 0 radical (unpaired) electrons. The lowest BCUT2D eigenvalue weighted by molar-refractivity contribution is -0.135. The zero-order valence-corrected chi connectivity index (χ0v) is 15.8. The minimum atomic E-state index is 0.215. The van der Waals surface area contributed by atoms with Crippen LogP contribution in [0.2, 0.25) is 0 Å². The van der Waals surface area contributed by atoms with Gasteiger partial charge in [-0.15, -0.1) is 0 Å². The summed E-state index contributed by atoms with van der Waals surface area (Å²) in [5.74, 6) is 4.97. The van der Waals surface area contributed by atoms with Crippen LogP contribution < -0.4 is 0 Å². The molecule has 3 rings (SSSR count). The third kappa shape index (κ3) is 5.49. The van der Waals surface area contributed by atoms with Crippen molar-refractivity contribution in [3.63, 3.8) is 0 Å². The summed E-state index contributed by atoms with van der Waals surface area (Å²) in [6.45, 7) is 3.07. The fraction of sp³-hybridized carbons (Fsp3) is 0.955. The summed E-state index contributed by atoms with van der Waals surface area (Å²) in [6, 6.07) is 0. The molecule has 0 heterocycles. The molecule has 0 amide bonds. The molecular formula is C22H38O2. The molecule has 24 heavy (non-hydrogen) atoms. The van der Waals surface area contributed by atoms with Gasteiger partial charge in [0.25, 0.3) is 6.47 Å². The first-order valence-electron chi connectivity index (χ1n) is 10.8. The van der Waals surface area contributed by atoms with Gasteiger partial charge in [0.1, 0.15) is 6.10 Å². The highest BCUT2D eigenvalue weighted by atomic mass is 16.5. The molecule has 0 N–H and O–H groups in total. The predicted molar refractivity (Wildman–Crippen MR) is 98.7 cm³/mol. The van der Waals surface area contributed by atoms with E-state index in [4.69, 9.17) is 4.74 Å². The average Bonchev–Trinajstić information content (AvgIpc) is 2.61. The second kappa shape index (κ2) is 9.25. The van der Waals surface area contributed by atoms with E-state index in [-0.39, 0.29) is 6.10 Å². The Morgan fingerprint density at radius 3 is 1.46 bits per heavy atom. The van der Waals surface area contributed by atoms with Crippen molar-refractivity contribution in [3.05, 3.63) is 0 Å². The lowest BCUT2D eigenvalue weighted by Gasteiger charge is -2.35. The molecule has 3 aliphatic carbocycles. The Bertz CT molecular complexity index is 356. The Morgan fingerprint density at radius 1 is 0.667 bits per heavy atom. The molecule has 3 saturated carbocycles. The first-order chi connectivity index (χ1) is 11.7. The Morgan fingerprint density at radius 2 is 1.04 bits per heavy atom. The molecule has 0 aromatic carbocycles. The molecule has 0 spiro atoms. The molecule has 0 bridgehead atoms. The molecule has 0 aliphatic heterocycles. The molecule has 0 unspecified atom stereocenters. The summed E-state index contributed by atoms with van der Waals surface area (Å²) < 4.78 is 5.13. The maximum atomic E-state index is 10.4. The maximum absolute atomic E-state index is 10.4. The Hall–Kier alpha value is -0.530. The van der Waals surface area contributed by atoms with Crippen LogP contribution in [0.25, 0.3) is 0 Å². The summed E-state index contributed by atoms with van der Waals surface area (Å²) in [6.07, 6.45) is 19.9. The smallest absolute Gasteiger partial charge is 0.293 e. The SMILES string of the molecule is CC1CCC(CC2CCC(CC3CCC(OC=O)CC3)CC2)CC1. The zero-order chi connectivity index (χ0) is 16.8. The highest BCUT2D eigenvalue weighted by molar-refractivity contribution is 5.37. The van der Waals surface area contributed by atoms with E-state index in [1.807, 2.05) is 0 Å². The van der Waals surface area contributed by atoms with E-state index in [9.17, 15) is 4.79 Å². The van der Waals surface area contributed by atoms with Crippen molar-refractivity contribution >= 4 is 6.47 Å². The number of hydrogen-bond donors (Lipinski definition) is 0. The predicted octanol–water partition coefficient (Wildman–Crippen LogP) is 6.13. The lowest BCUT2D eigenvalue weighted by atomic mass is 9.71. The molecule has 0 aromatic heterocycles. The molecule has 2 nitrogen and oxygen atoms in total. The standard InChI is InChI=1S/C22H38O2/c1-17-2-4-18(5-3-17)14-19-6-8-20(9-7-19)15-21-10-12-22(13-11-21)24-16-23/h16-22H,2-15H2,1H3. The molecule has 0 aromatic rings. The second-order valence-electron chi connectivity index (χ2n) is 9.36. The van der Waals surface area contributed by atoms with Crippen molar-refractivity contribution in [1.29, 1.82) is 0 Å². The van der Waals surface area contributed by atoms with E-state index in [0.29, 0.717) is 6.47 Å². The van der Waals surface area contributed by atoms with E-state index in [1.54, 1.807) is 0 Å². The van der Waals surface area contributed by atoms with Gasteiger partial charge in [0.2, 0.25) is 0 Å². The van der Waals surface area contributed by atoms with Crippen LogP contribution in [-0.2, 0) is 9.53 Å². The summed E-state index contributed by atoms with van der Waals surface area (Å²) in [5.41, 5.74) is 0. The van der Waals surface area contributed by atoms with Gasteiger partial charge < -0.3 is 4.74 Å². The lowest BCUT2D eigenvalue weighted by Crippen LogP contribution is -2.25. The minimum absolute atomic E-state index is 0.215. The van der Waals surface area contributed by atoms with E-state index in [0.717, 1.165) is 42.4 Å². The molecule has 0 atom stereocenters. The molecule has 2 heteroatoms. The van der Waals surface area contributed by atoms with Crippen molar-refractivity contribution in [2.24, 2.45) is 29.6 Å². The molecular weight excluding hydrogens is 296 g/mol. The summed E-state index contributed by atoms with van der Waals surface area (Å²) in [7, 11) is 0. The fourth-order valence-corrected chi connectivity index (χ4v) is 5.79. The van der Waals surface area contributed by atoms with Gasteiger partial charge in [-0.2, -0.15) is 0 Å². The Labute approximate surface area is 149 Å². The van der Waals surface area contributed by atoms with Crippen LogP contribution in [0.5, 0.6) is 0 Å². The topological polar surface area (TPSA) is 26.3 Å². The Kier molecular flexibility index (Phi) is 7.04. The second-order valence-corrected chi connectivity index (χ2v) is 9.36. The zero-order valence-electron chi connectivity index (χ0n) is 15.8. The van der Waals surface area contributed by atoms with E-state index in [2.05, 4.69) is 6.92 Å². The first-order valence-corrected chi connectivity index (χ1v) is 10.8. The van der Waals surface area contributed by atoms with Crippen LogP contribution in [0.15, 0.2) is 0 Å². The van der Waals surface area contributed by atoms with Gasteiger partial charge in [0, 0.05) is 0 Å². The average molecular weight is 335 g/mol. The van der Waals surface area contributed by atoms with E-state index >= 15 is 0 Å². The minimum Gasteiger partial charge on any atom is -0.465 e. The first kappa shape index (κ1) is 18.3. The summed E-state index contributed by atoms with van der Waals surface area (Å²) >= 11 is 0. The van der Waals surface area contributed by atoms with Crippen molar-refractivity contribution in [2.75, 3.05) is 0 Å². The number of rotatable bonds is 6. The Balaban J connectivity index is 1.30. The highest BCUT2D eigenvalue weighted by Gasteiger charge is 2.29. The fourth-order valence-electron chi connectivity index (χ4n) is 5.79. The summed E-state index contributed by atoms with van der Waals surface area (Å²) in [5, 5.41) is 0. The van der Waals surface area contributed by atoms with Gasteiger partial charge in [0.15, 0.2) is 0 Å². The van der Waals surface area contributed by atoms with E-state index in [1.165, 1.54) is 77.0 Å². The van der Waals surface area contributed by atoms with Crippen LogP contribution in [0.1, 0.15) is 96.8 Å². The number of hydrogen-bond acceptors (Lipinski definition) is 2. The van der Waals surface area contributed by atoms with Gasteiger partial charge in [0.05, 0.1) is 0 Å². The van der Waals surface area contributed by atoms with Crippen molar-refractivity contribution in [1.82, 2.24) is 0 Å². The van der Waals surface area contributed by atoms with Crippen molar-refractivity contribution < 1.29 is 9.53 Å². The normalized spacial score (nSPS) is 40.9. The van der Waals surface area contributed by atoms with Gasteiger partial charge in [-0.3, -0.25) is 4.79 Å². The number of ether oxygens (including phenoxy) is 1. The van der Waals surface area contributed by atoms with Gasteiger partial charge in [-0.1, -0.05) is 58.3 Å². The van der Waals surface area contributed by atoms with Crippen LogP contribution >= 0.6 is 0 Å². The number of carbonyl (C=O) groups is 1. The summed E-state index contributed by atoms with van der Waals surface area (Å²) in [4.78, 5) is 10.4. The molecule has 138 valence electrons. The number of carbonyl (C=O) groups excluding carboxylic acids is 1. The van der Waals surface area contributed by atoms with Crippen LogP contribution in [0.3, 0.4) is 0 Å².